The Bertz CT molecular complexity index is 2150. The first-order valence-electron chi connectivity index (χ1n) is 48.5. The number of phosphoric acid groups is 2. The van der Waals surface area contributed by atoms with Crippen molar-refractivity contribution < 1.29 is 80.2 Å². The number of aliphatic hydroxyl groups excluding tert-OH is 1. The fraction of sp³-hybridized carbons (Fsp3) is 0.957. The summed E-state index contributed by atoms with van der Waals surface area (Å²) < 4.78 is 69.2. The number of hydrogen-bond donors (Lipinski definition) is 3. The van der Waals surface area contributed by atoms with E-state index in [1.54, 1.807) is 0 Å². The lowest BCUT2D eigenvalue weighted by Crippen LogP contribution is -2.30. The van der Waals surface area contributed by atoms with E-state index in [9.17, 15) is 43.2 Å². The zero-order valence-electron chi connectivity index (χ0n) is 74.7. The van der Waals surface area contributed by atoms with Gasteiger partial charge in [-0.1, -0.05) is 459 Å². The van der Waals surface area contributed by atoms with E-state index in [4.69, 9.17) is 37.0 Å². The Morgan fingerprint density at radius 3 is 0.673 bits per heavy atom. The molecule has 0 saturated heterocycles. The van der Waals surface area contributed by atoms with Gasteiger partial charge in [0.15, 0.2) is 12.2 Å². The predicted octanol–water partition coefficient (Wildman–Crippen LogP) is 29.4. The largest absolute Gasteiger partial charge is 0.472 e. The highest BCUT2D eigenvalue weighted by Crippen LogP contribution is 2.45. The summed E-state index contributed by atoms with van der Waals surface area (Å²) in [6.45, 7) is 9.75. The van der Waals surface area contributed by atoms with Crippen molar-refractivity contribution in [3.8, 4) is 0 Å². The highest BCUT2D eigenvalue weighted by atomic mass is 31.2. The standard InChI is InChI=1S/C94H184O17P2/c1-7-10-12-14-16-18-20-22-24-26-28-30-32-34-36-38-43-47-53-60-66-72-78-93(98)110-89(82-104-91(96)76-70-64-58-52-46-42-37-35-33-31-29-27-25-23-21-19-17-15-13-11-8-2)84-108-112(100,101)106-80-88(95)81-107-113(102,103)109-85-90(83-105-92(97)77-71-65-59-55-49-50-56-62-68-74-86(4)5)111-94(99)79-73-67-61-54-48-44-40-39-41-45-51-57-63-69-75-87(6)9-3/h86-90,95H,7-85H2,1-6H3,(H,100,101)(H,102,103)/t87?,88-,89-,90-/m1/s1. The molecule has 0 bridgehead atoms. The molecule has 0 spiro atoms. The van der Waals surface area contributed by atoms with E-state index in [2.05, 4.69) is 41.5 Å². The van der Waals surface area contributed by atoms with E-state index < -0.39 is 97.5 Å². The van der Waals surface area contributed by atoms with Crippen molar-refractivity contribution in [3.63, 3.8) is 0 Å². The van der Waals surface area contributed by atoms with Crippen LogP contribution in [0, 0.1) is 11.8 Å². The molecule has 0 aliphatic carbocycles. The van der Waals surface area contributed by atoms with Crippen LogP contribution < -0.4 is 0 Å². The Balaban J connectivity index is 5.24. The monoisotopic (exact) mass is 1650 g/mol. The lowest BCUT2D eigenvalue weighted by molar-refractivity contribution is -0.161. The summed E-state index contributed by atoms with van der Waals surface area (Å²) in [6.07, 6.45) is 80.7. The number of phosphoric ester groups is 2. The van der Waals surface area contributed by atoms with Gasteiger partial charge >= 0.3 is 39.5 Å². The number of ether oxygens (including phenoxy) is 4. The van der Waals surface area contributed by atoms with Crippen molar-refractivity contribution in [2.24, 2.45) is 11.8 Å². The molecule has 19 heteroatoms. The molecule has 0 fully saturated rings. The summed E-state index contributed by atoms with van der Waals surface area (Å²) in [5.41, 5.74) is 0. The normalized spacial score (nSPS) is 13.9. The summed E-state index contributed by atoms with van der Waals surface area (Å²) in [7, 11) is -9.94. The van der Waals surface area contributed by atoms with Crippen LogP contribution in [-0.2, 0) is 65.4 Å². The quantitative estimate of drug-likeness (QED) is 0.0222. The van der Waals surface area contributed by atoms with Crippen LogP contribution in [-0.4, -0.2) is 96.7 Å². The van der Waals surface area contributed by atoms with E-state index >= 15 is 0 Å². The third-order valence-corrected chi connectivity index (χ3v) is 24.5. The Morgan fingerprint density at radius 2 is 0.451 bits per heavy atom. The van der Waals surface area contributed by atoms with Gasteiger partial charge in [-0.15, -0.1) is 0 Å². The summed E-state index contributed by atoms with van der Waals surface area (Å²) in [6, 6.07) is 0. The van der Waals surface area contributed by atoms with Crippen molar-refractivity contribution in [1.82, 2.24) is 0 Å². The predicted molar refractivity (Wildman–Crippen MR) is 469 cm³/mol. The van der Waals surface area contributed by atoms with Crippen LogP contribution in [0.2, 0.25) is 0 Å². The van der Waals surface area contributed by atoms with Crippen LogP contribution in [0.15, 0.2) is 0 Å². The lowest BCUT2D eigenvalue weighted by Gasteiger charge is -2.21. The molecule has 6 atom stereocenters. The van der Waals surface area contributed by atoms with E-state index in [1.165, 1.54) is 327 Å². The molecule has 0 rings (SSSR count). The second-order valence-electron chi connectivity index (χ2n) is 34.5. The Kier molecular flexibility index (Phi) is 83.6. The van der Waals surface area contributed by atoms with Crippen molar-refractivity contribution in [2.45, 2.75) is 529 Å². The Labute approximate surface area is 696 Å². The highest BCUT2D eigenvalue weighted by Gasteiger charge is 2.31. The van der Waals surface area contributed by atoms with Crippen LogP contribution in [0.3, 0.4) is 0 Å². The van der Waals surface area contributed by atoms with Gasteiger partial charge in [-0.2, -0.15) is 0 Å². The van der Waals surface area contributed by atoms with Crippen LogP contribution in [0.4, 0.5) is 0 Å². The van der Waals surface area contributed by atoms with Gasteiger partial charge in [-0.05, 0) is 37.5 Å². The maximum atomic E-state index is 13.2. The van der Waals surface area contributed by atoms with E-state index in [-0.39, 0.29) is 25.7 Å². The summed E-state index contributed by atoms with van der Waals surface area (Å²) in [4.78, 5) is 73.5. The van der Waals surface area contributed by atoms with Gasteiger partial charge in [0, 0.05) is 25.7 Å². The SMILES string of the molecule is CCCCCCCCCCCCCCCCCCCCCCCCC(=O)O[C@H](COC(=O)CCCCCCCCCCCCCCCCCCCCCCC)COP(=O)(O)OC[C@@H](O)COP(=O)(O)OC[C@@H](COC(=O)CCCCCCCCCCCC(C)C)OC(=O)CCCCCCCCCCCCCCCCC(C)CC. The van der Waals surface area contributed by atoms with E-state index in [0.29, 0.717) is 25.7 Å². The van der Waals surface area contributed by atoms with Crippen molar-refractivity contribution in [3.05, 3.63) is 0 Å². The van der Waals surface area contributed by atoms with E-state index in [1.807, 2.05) is 0 Å². The molecule has 3 N–H and O–H groups in total. The summed E-state index contributed by atoms with van der Waals surface area (Å²) >= 11 is 0. The number of hydrogen-bond acceptors (Lipinski definition) is 15. The molecule has 0 amide bonds. The minimum Gasteiger partial charge on any atom is -0.462 e. The second kappa shape index (κ2) is 85.1. The molecule has 0 aliphatic heterocycles. The molecule has 3 unspecified atom stereocenters. The van der Waals surface area contributed by atoms with Gasteiger partial charge in [0.2, 0.25) is 0 Å². The molecule has 0 aliphatic rings. The third kappa shape index (κ3) is 86.3. The fourth-order valence-corrected chi connectivity index (χ4v) is 16.4. The Hall–Kier alpha value is -1.94. The lowest BCUT2D eigenvalue weighted by atomic mass is 9.99. The average Bonchev–Trinajstić information content (AvgIpc) is 0.903. The van der Waals surface area contributed by atoms with Crippen molar-refractivity contribution in [1.29, 1.82) is 0 Å². The number of rotatable bonds is 93. The molecule has 672 valence electrons. The molecule has 0 aromatic carbocycles. The Morgan fingerprint density at radius 1 is 0.257 bits per heavy atom. The molecule has 0 heterocycles. The van der Waals surface area contributed by atoms with Crippen LogP contribution >= 0.6 is 15.6 Å². The van der Waals surface area contributed by atoms with Crippen molar-refractivity contribution >= 4 is 39.5 Å². The second-order valence-corrected chi connectivity index (χ2v) is 37.4. The topological polar surface area (TPSA) is 237 Å². The van der Waals surface area contributed by atoms with Crippen molar-refractivity contribution in [2.75, 3.05) is 39.6 Å². The minimum atomic E-state index is -4.97. The maximum absolute atomic E-state index is 13.2. The first-order chi connectivity index (χ1) is 54.9. The third-order valence-electron chi connectivity index (χ3n) is 22.6. The zero-order valence-corrected chi connectivity index (χ0v) is 76.5. The van der Waals surface area contributed by atoms with Crippen LogP contribution in [0.25, 0.3) is 0 Å². The molecule has 0 aromatic rings. The number of esters is 4. The molecule has 0 aromatic heterocycles. The maximum Gasteiger partial charge on any atom is 0.472 e. The molecule has 0 saturated carbocycles. The first kappa shape index (κ1) is 111. The van der Waals surface area contributed by atoms with Gasteiger partial charge in [0.1, 0.15) is 19.3 Å². The smallest absolute Gasteiger partial charge is 0.462 e. The molecular formula is C94H184O17P2. The number of carbonyl (C=O) groups excluding carboxylic acids is 4. The molecule has 113 heavy (non-hydrogen) atoms. The van der Waals surface area contributed by atoms with E-state index in [0.717, 1.165) is 102 Å². The number of aliphatic hydroxyl groups is 1. The molecular weight excluding hydrogens is 1460 g/mol. The minimum absolute atomic E-state index is 0.108. The first-order valence-corrected chi connectivity index (χ1v) is 51.5. The van der Waals surface area contributed by atoms with Gasteiger partial charge < -0.3 is 33.8 Å². The molecule has 17 nitrogen and oxygen atoms in total. The summed E-state index contributed by atoms with van der Waals surface area (Å²) in [5, 5.41) is 10.7. The van der Waals surface area contributed by atoms with Gasteiger partial charge in [0.05, 0.1) is 26.4 Å². The summed E-state index contributed by atoms with van der Waals surface area (Å²) in [5.74, 6) is -0.504. The zero-order chi connectivity index (χ0) is 82.7. The number of carbonyl (C=O) groups is 4. The van der Waals surface area contributed by atoms with Gasteiger partial charge in [-0.25, -0.2) is 9.13 Å². The fourth-order valence-electron chi connectivity index (χ4n) is 14.8. The number of unbranched alkanes of at least 4 members (excludes halogenated alkanes) is 62. The molecule has 0 radical (unpaired) electrons. The van der Waals surface area contributed by atoms with Crippen LogP contribution in [0.1, 0.15) is 510 Å². The average molecular weight is 1650 g/mol. The van der Waals surface area contributed by atoms with Gasteiger partial charge in [0.25, 0.3) is 0 Å². The highest BCUT2D eigenvalue weighted by molar-refractivity contribution is 7.47. The van der Waals surface area contributed by atoms with Gasteiger partial charge in [-0.3, -0.25) is 37.3 Å². The van der Waals surface area contributed by atoms with Crippen LogP contribution in [0.5, 0.6) is 0 Å².